The summed E-state index contributed by atoms with van der Waals surface area (Å²) in [6, 6.07) is 0. The highest BCUT2D eigenvalue weighted by Gasteiger charge is 2.14. The van der Waals surface area contributed by atoms with Crippen molar-refractivity contribution in [3.8, 4) is 11.3 Å². The van der Waals surface area contributed by atoms with Gasteiger partial charge in [-0.25, -0.2) is 4.98 Å². The van der Waals surface area contributed by atoms with E-state index in [2.05, 4.69) is 23.9 Å². The fourth-order valence-electron chi connectivity index (χ4n) is 2.06. The fraction of sp³-hybridized carbons (Fsp3) is 0.538. The molecule has 0 amide bonds. The molecule has 5 heteroatoms. The molecule has 0 fully saturated rings. The number of imidazole rings is 1. The van der Waals surface area contributed by atoms with Gasteiger partial charge in [-0.15, -0.1) is 0 Å². The fourth-order valence-corrected chi connectivity index (χ4v) is 2.06. The van der Waals surface area contributed by atoms with Crippen LogP contribution in [0.4, 0.5) is 5.82 Å². The Morgan fingerprint density at radius 1 is 1.28 bits per heavy atom. The Balaban J connectivity index is 2.34. The number of nitrogen functional groups attached to an aromatic ring is 1. The van der Waals surface area contributed by atoms with E-state index in [0.29, 0.717) is 0 Å². The Morgan fingerprint density at radius 3 is 2.72 bits per heavy atom. The molecule has 5 nitrogen and oxygen atoms in total. The van der Waals surface area contributed by atoms with Crippen LogP contribution in [0.15, 0.2) is 12.4 Å². The van der Waals surface area contributed by atoms with Gasteiger partial charge in [-0.3, -0.25) is 4.68 Å². The van der Waals surface area contributed by atoms with Gasteiger partial charge >= 0.3 is 0 Å². The second kappa shape index (κ2) is 5.25. The summed E-state index contributed by atoms with van der Waals surface area (Å²) >= 11 is 0. The summed E-state index contributed by atoms with van der Waals surface area (Å²) in [5.41, 5.74) is 7.96. The number of hydrogen-bond acceptors (Lipinski definition) is 3. The van der Waals surface area contributed by atoms with Gasteiger partial charge in [-0.1, -0.05) is 13.8 Å². The Hall–Kier alpha value is -1.78. The van der Waals surface area contributed by atoms with Crippen molar-refractivity contribution in [3.05, 3.63) is 18.2 Å². The third-order valence-electron chi connectivity index (χ3n) is 3.06. The first-order chi connectivity index (χ1) is 8.67. The van der Waals surface area contributed by atoms with Crippen LogP contribution in [0.5, 0.6) is 0 Å². The molecule has 0 spiro atoms. The smallest absolute Gasteiger partial charge is 0.131 e. The van der Waals surface area contributed by atoms with Gasteiger partial charge in [-0.05, 0) is 12.8 Å². The van der Waals surface area contributed by atoms with E-state index >= 15 is 0 Å². The summed E-state index contributed by atoms with van der Waals surface area (Å²) in [5, 5.41) is 4.32. The molecular formula is C13H21N5. The highest BCUT2D eigenvalue weighted by molar-refractivity contribution is 5.69. The topological polar surface area (TPSA) is 61.7 Å². The van der Waals surface area contributed by atoms with Gasteiger partial charge in [0.25, 0.3) is 0 Å². The molecule has 0 aliphatic heterocycles. The highest BCUT2D eigenvalue weighted by Crippen LogP contribution is 2.25. The normalized spacial score (nSPS) is 11.1. The van der Waals surface area contributed by atoms with Crippen LogP contribution in [0.2, 0.25) is 0 Å². The summed E-state index contributed by atoms with van der Waals surface area (Å²) < 4.78 is 3.90. The van der Waals surface area contributed by atoms with E-state index in [9.17, 15) is 0 Å². The molecule has 0 saturated heterocycles. The molecule has 2 N–H and O–H groups in total. The van der Waals surface area contributed by atoms with Crippen LogP contribution in [-0.2, 0) is 20.0 Å². The molecule has 0 aliphatic carbocycles. The van der Waals surface area contributed by atoms with Crippen LogP contribution in [0, 0.1) is 0 Å². The summed E-state index contributed by atoms with van der Waals surface area (Å²) in [7, 11) is 1.97. The minimum Gasteiger partial charge on any atom is -0.383 e. The first kappa shape index (κ1) is 12.7. The number of nitrogens with two attached hydrogens (primary N) is 1. The zero-order chi connectivity index (χ0) is 13.1. The standard InChI is InChI=1S/C13H21N5/c1-4-6-11-16-12(13(14)17(11)3)10-8-15-18(9-10)7-5-2/h8-9H,4-7,14H2,1-3H3. The maximum absolute atomic E-state index is 6.11. The van der Waals surface area contributed by atoms with Crippen molar-refractivity contribution in [1.29, 1.82) is 0 Å². The van der Waals surface area contributed by atoms with Crippen LogP contribution < -0.4 is 5.73 Å². The molecule has 0 radical (unpaired) electrons. The summed E-state index contributed by atoms with van der Waals surface area (Å²) in [6.07, 6.45) is 6.94. The highest BCUT2D eigenvalue weighted by atomic mass is 15.3. The SMILES string of the molecule is CCCc1nc(-c2cnn(CCC)c2)c(N)n1C. The van der Waals surface area contributed by atoms with Gasteiger partial charge in [0.05, 0.1) is 6.20 Å². The van der Waals surface area contributed by atoms with Crippen molar-refractivity contribution in [2.24, 2.45) is 7.05 Å². The number of aromatic nitrogens is 4. The van der Waals surface area contributed by atoms with Crippen molar-refractivity contribution in [3.63, 3.8) is 0 Å². The van der Waals surface area contributed by atoms with Gasteiger partial charge in [0, 0.05) is 31.8 Å². The molecular weight excluding hydrogens is 226 g/mol. The predicted octanol–water partition coefficient (Wildman–Crippen LogP) is 2.23. The first-order valence-corrected chi connectivity index (χ1v) is 6.51. The average molecular weight is 247 g/mol. The molecule has 0 aliphatic rings. The van der Waals surface area contributed by atoms with E-state index in [1.165, 1.54) is 0 Å². The molecule has 2 aromatic heterocycles. The number of nitrogens with zero attached hydrogens (tertiary/aromatic N) is 4. The second-order valence-electron chi connectivity index (χ2n) is 4.56. The molecule has 2 heterocycles. The maximum atomic E-state index is 6.11. The Labute approximate surface area is 108 Å². The zero-order valence-electron chi connectivity index (χ0n) is 11.3. The molecule has 2 aromatic rings. The van der Waals surface area contributed by atoms with Crippen LogP contribution in [-0.4, -0.2) is 19.3 Å². The van der Waals surface area contributed by atoms with Crippen molar-refractivity contribution in [2.75, 3.05) is 5.73 Å². The van der Waals surface area contributed by atoms with Crippen LogP contribution >= 0.6 is 0 Å². The quantitative estimate of drug-likeness (QED) is 0.881. The second-order valence-corrected chi connectivity index (χ2v) is 4.56. The molecule has 0 saturated carbocycles. The third-order valence-corrected chi connectivity index (χ3v) is 3.06. The molecule has 0 aromatic carbocycles. The van der Waals surface area contributed by atoms with Crippen LogP contribution in [0.3, 0.4) is 0 Å². The Kier molecular flexibility index (Phi) is 3.69. The van der Waals surface area contributed by atoms with Gasteiger partial charge < -0.3 is 10.3 Å². The summed E-state index contributed by atoms with van der Waals surface area (Å²) in [6.45, 7) is 5.20. The van der Waals surface area contributed by atoms with Gasteiger partial charge in [0.1, 0.15) is 17.3 Å². The minimum atomic E-state index is 0.717. The monoisotopic (exact) mass is 247 g/mol. The lowest BCUT2D eigenvalue weighted by Crippen LogP contribution is -2.01. The maximum Gasteiger partial charge on any atom is 0.131 e. The van der Waals surface area contributed by atoms with Crippen molar-refractivity contribution in [1.82, 2.24) is 19.3 Å². The van der Waals surface area contributed by atoms with Crippen molar-refractivity contribution < 1.29 is 0 Å². The van der Waals surface area contributed by atoms with Crippen LogP contribution in [0.25, 0.3) is 11.3 Å². The van der Waals surface area contributed by atoms with Crippen molar-refractivity contribution in [2.45, 2.75) is 39.7 Å². The van der Waals surface area contributed by atoms with Gasteiger partial charge in [0.2, 0.25) is 0 Å². The molecule has 0 atom stereocenters. The number of rotatable bonds is 5. The van der Waals surface area contributed by atoms with Gasteiger partial charge in [-0.2, -0.15) is 5.10 Å². The lowest BCUT2D eigenvalue weighted by Gasteiger charge is -2.00. The van der Waals surface area contributed by atoms with Gasteiger partial charge in [0.15, 0.2) is 0 Å². The predicted molar refractivity (Wildman–Crippen MR) is 73.1 cm³/mol. The number of hydrogen-bond donors (Lipinski definition) is 1. The van der Waals surface area contributed by atoms with E-state index in [0.717, 1.165) is 48.7 Å². The zero-order valence-corrected chi connectivity index (χ0v) is 11.3. The van der Waals surface area contributed by atoms with Crippen molar-refractivity contribution >= 4 is 5.82 Å². The number of aryl methyl sites for hydroxylation is 2. The Morgan fingerprint density at radius 2 is 2.06 bits per heavy atom. The molecule has 18 heavy (non-hydrogen) atoms. The molecule has 98 valence electrons. The molecule has 0 unspecified atom stereocenters. The third kappa shape index (κ3) is 2.25. The van der Waals surface area contributed by atoms with E-state index in [-0.39, 0.29) is 0 Å². The van der Waals surface area contributed by atoms with E-state index in [1.54, 1.807) is 0 Å². The molecule has 2 rings (SSSR count). The summed E-state index contributed by atoms with van der Waals surface area (Å²) in [4.78, 5) is 4.63. The summed E-state index contributed by atoms with van der Waals surface area (Å²) in [5.74, 6) is 1.75. The van der Waals surface area contributed by atoms with E-state index < -0.39 is 0 Å². The van der Waals surface area contributed by atoms with E-state index in [4.69, 9.17) is 5.73 Å². The largest absolute Gasteiger partial charge is 0.383 e. The van der Waals surface area contributed by atoms with Crippen LogP contribution in [0.1, 0.15) is 32.5 Å². The average Bonchev–Trinajstić information content (AvgIpc) is 2.90. The minimum absolute atomic E-state index is 0.717. The molecule has 0 bridgehead atoms. The van der Waals surface area contributed by atoms with E-state index in [1.807, 2.05) is 28.7 Å². The number of anilines is 1. The lowest BCUT2D eigenvalue weighted by atomic mass is 10.2. The first-order valence-electron chi connectivity index (χ1n) is 6.51. The lowest BCUT2D eigenvalue weighted by molar-refractivity contribution is 0.603. The Bertz CT molecular complexity index is 523.